The largest absolute Gasteiger partial charge is 0.378 e. The van der Waals surface area contributed by atoms with Crippen molar-refractivity contribution >= 4 is 21.8 Å². The SMILES string of the molecule is CC1OCCC1C(=O)N(C)Cc1cccc(Br)c1. The van der Waals surface area contributed by atoms with Crippen molar-refractivity contribution < 1.29 is 9.53 Å². The molecule has 0 saturated carbocycles. The van der Waals surface area contributed by atoms with E-state index in [1.54, 1.807) is 4.90 Å². The van der Waals surface area contributed by atoms with E-state index in [0.717, 1.165) is 16.5 Å². The lowest BCUT2D eigenvalue weighted by Crippen LogP contribution is -2.35. The van der Waals surface area contributed by atoms with Crippen LogP contribution in [0.15, 0.2) is 28.7 Å². The number of amides is 1. The van der Waals surface area contributed by atoms with Crippen molar-refractivity contribution in [1.82, 2.24) is 4.90 Å². The van der Waals surface area contributed by atoms with E-state index in [9.17, 15) is 4.79 Å². The van der Waals surface area contributed by atoms with Crippen LogP contribution < -0.4 is 0 Å². The Hall–Kier alpha value is -0.870. The van der Waals surface area contributed by atoms with Crippen molar-refractivity contribution in [3.63, 3.8) is 0 Å². The molecule has 1 aliphatic heterocycles. The molecule has 18 heavy (non-hydrogen) atoms. The van der Waals surface area contributed by atoms with Crippen LogP contribution >= 0.6 is 15.9 Å². The Morgan fingerprint density at radius 3 is 2.94 bits per heavy atom. The van der Waals surface area contributed by atoms with Gasteiger partial charge in [-0.2, -0.15) is 0 Å². The van der Waals surface area contributed by atoms with Gasteiger partial charge in [-0.25, -0.2) is 0 Å². The lowest BCUT2D eigenvalue weighted by atomic mass is 10.0. The third-order valence-electron chi connectivity index (χ3n) is 3.38. The molecule has 1 fully saturated rings. The number of nitrogens with zero attached hydrogens (tertiary/aromatic N) is 1. The Morgan fingerprint density at radius 2 is 2.33 bits per heavy atom. The molecule has 1 saturated heterocycles. The zero-order valence-corrected chi connectivity index (χ0v) is 12.3. The first-order chi connectivity index (χ1) is 8.58. The summed E-state index contributed by atoms with van der Waals surface area (Å²) in [5.41, 5.74) is 1.13. The van der Waals surface area contributed by atoms with Gasteiger partial charge in [-0.15, -0.1) is 0 Å². The molecule has 98 valence electrons. The van der Waals surface area contributed by atoms with Crippen LogP contribution in [0.5, 0.6) is 0 Å². The topological polar surface area (TPSA) is 29.5 Å². The molecular weight excluding hydrogens is 294 g/mol. The summed E-state index contributed by atoms with van der Waals surface area (Å²) in [6.45, 7) is 3.31. The fraction of sp³-hybridized carbons (Fsp3) is 0.500. The highest BCUT2D eigenvalue weighted by Crippen LogP contribution is 2.23. The van der Waals surface area contributed by atoms with E-state index < -0.39 is 0 Å². The molecule has 2 unspecified atom stereocenters. The fourth-order valence-electron chi connectivity index (χ4n) is 2.33. The minimum atomic E-state index is 0.0159. The van der Waals surface area contributed by atoms with E-state index in [1.807, 2.05) is 38.2 Å². The normalized spacial score (nSPS) is 23.1. The molecule has 0 N–H and O–H groups in total. The number of carbonyl (C=O) groups excluding carboxylic acids is 1. The maximum atomic E-state index is 12.3. The summed E-state index contributed by atoms with van der Waals surface area (Å²) in [7, 11) is 1.86. The Kier molecular flexibility index (Phi) is 4.40. The van der Waals surface area contributed by atoms with Gasteiger partial charge >= 0.3 is 0 Å². The highest BCUT2D eigenvalue weighted by molar-refractivity contribution is 9.10. The molecule has 0 spiro atoms. The summed E-state index contributed by atoms with van der Waals surface area (Å²) >= 11 is 3.44. The van der Waals surface area contributed by atoms with Crippen LogP contribution in [0.2, 0.25) is 0 Å². The van der Waals surface area contributed by atoms with Crippen LogP contribution in [0.1, 0.15) is 18.9 Å². The first-order valence-electron chi connectivity index (χ1n) is 6.19. The maximum Gasteiger partial charge on any atom is 0.228 e. The van der Waals surface area contributed by atoms with Crippen molar-refractivity contribution in [3.8, 4) is 0 Å². The molecule has 1 heterocycles. The third-order valence-corrected chi connectivity index (χ3v) is 3.87. The second-order valence-corrected chi connectivity index (χ2v) is 5.71. The van der Waals surface area contributed by atoms with Crippen LogP contribution in [0.25, 0.3) is 0 Å². The van der Waals surface area contributed by atoms with Gasteiger partial charge in [0.25, 0.3) is 0 Å². The first-order valence-corrected chi connectivity index (χ1v) is 6.98. The summed E-state index contributed by atoms with van der Waals surface area (Å²) in [6, 6.07) is 8.04. The van der Waals surface area contributed by atoms with E-state index in [1.165, 1.54) is 0 Å². The van der Waals surface area contributed by atoms with Gasteiger partial charge in [-0.05, 0) is 31.0 Å². The molecule has 3 nitrogen and oxygen atoms in total. The highest BCUT2D eigenvalue weighted by atomic mass is 79.9. The van der Waals surface area contributed by atoms with Crippen molar-refractivity contribution in [3.05, 3.63) is 34.3 Å². The molecule has 2 atom stereocenters. The molecule has 1 aromatic rings. The number of hydrogen-bond donors (Lipinski definition) is 0. The van der Waals surface area contributed by atoms with Crippen molar-refractivity contribution in [2.24, 2.45) is 5.92 Å². The number of carbonyl (C=O) groups is 1. The van der Waals surface area contributed by atoms with E-state index in [0.29, 0.717) is 13.2 Å². The first kappa shape index (κ1) is 13.6. The summed E-state index contributed by atoms with van der Waals surface area (Å²) in [6.07, 6.45) is 0.880. The van der Waals surface area contributed by atoms with Gasteiger partial charge in [0, 0.05) is 24.7 Å². The van der Waals surface area contributed by atoms with Gasteiger partial charge in [0.1, 0.15) is 0 Å². The monoisotopic (exact) mass is 311 g/mol. The fourth-order valence-corrected chi connectivity index (χ4v) is 2.77. The molecule has 0 aliphatic carbocycles. The number of ether oxygens (including phenoxy) is 1. The molecule has 4 heteroatoms. The molecule has 2 rings (SSSR count). The highest BCUT2D eigenvalue weighted by Gasteiger charge is 2.32. The van der Waals surface area contributed by atoms with Crippen molar-refractivity contribution in [2.75, 3.05) is 13.7 Å². The second kappa shape index (κ2) is 5.85. The Morgan fingerprint density at radius 1 is 1.56 bits per heavy atom. The Labute approximate surface area is 116 Å². The van der Waals surface area contributed by atoms with Gasteiger partial charge in [-0.1, -0.05) is 28.1 Å². The molecule has 0 bridgehead atoms. The van der Waals surface area contributed by atoms with Gasteiger partial charge in [0.2, 0.25) is 5.91 Å². The predicted molar refractivity (Wildman–Crippen MR) is 74.1 cm³/mol. The van der Waals surface area contributed by atoms with Crippen LogP contribution in [0.4, 0.5) is 0 Å². The van der Waals surface area contributed by atoms with E-state index in [4.69, 9.17) is 4.74 Å². The van der Waals surface area contributed by atoms with E-state index in [2.05, 4.69) is 15.9 Å². The average molecular weight is 312 g/mol. The van der Waals surface area contributed by atoms with Crippen LogP contribution in [-0.2, 0) is 16.1 Å². The zero-order chi connectivity index (χ0) is 13.1. The average Bonchev–Trinajstić information content (AvgIpc) is 2.74. The Balaban J connectivity index is 1.99. The van der Waals surface area contributed by atoms with Crippen LogP contribution in [0, 0.1) is 5.92 Å². The van der Waals surface area contributed by atoms with Crippen molar-refractivity contribution in [2.45, 2.75) is 26.0 Å². The standard InChI is InChI=1S/C14H18BrNO2/c1-10-13(6-7-18-10)14(17)16(2)9-11-4-3-5-12(15)8-11/h3-5,8,10,13H,6-7,9H2,1-2H3. The lowest BCUT2D eigenvalue weighted by molar-refractivity contribution is -0.136. The molecule has 1 aliphatic rings. The second-order valence-electron chi connectivity index (χ2n) is 4.80. The minimum absolute atomic E-state index is 0.0159. The summed E-state index contributed by atoms with van der Waals surface area (Å²) in [5.74, 6) is 0.196. The predicted octanol–water partition coefficient (Wildman–Crippen LogP) is 2.83. The lowest BCUT2D eigenvalue weighted by Gasteiger charge is -2.22. The van der Waals surface area contributed by atoms with Crippen LogP contribution in [-0.4, -0.2) is 30.6 Å². The number of rotatable bonds is 3. The summed E-state index contributed by atoms with van der Waals surface area (Å²) < 4.78 is 6.49. The zero-order valence-electron chi connectivity index (χ0n) is 10.7. The minimum Gasteiger partial charge on any atom is -0.378 e. The molecule has 1 amide bonds. The van der Waals surface area contributed by atoms with Crippen LogP contribution in [0.3, 0.4) is 0 Å². The number of benzene rings is 1. The summed E-state index contributed by atoms with van der Waals surface area (Å²) in [5, 5.41) is 0. The van der Waals surface area contributed by atoms with Gasteiger partial charge in [-0.3, -0.25) is 4.79 Å². The van der Waals surface area contributed by atoms with E-state index in [-0.39, 0.29) is 17.9 Å². The third kappa shape index (κ3) is 3.12. The molecular formula is C14H18BrNO2. The quantitative estimate of drug-likeness (QED) is 0.859. The number of halogens is 1. The van der Waals surface area contributed by atoms with Gasteiger partial charge in [0.05, 0.1) is 12.0 Å². The van der Waals surface area contributed by atoms with Gasteiger partial charge < -0.3 is 9.64 Å². The van der Waals surface area contributed by atoms with Crippen molar-refractivity contribution in [1.29, 1.82) is 0 Å². The Bertz CT molecular complexity index is 436. The smallest absolute Gasteiger partial charge is 0.228 e. The molecule has 1 aromatic carbocycles. The molecule has 0 aromatic heterocycles. The van der Waals surface area contributed by atoms with Gasteiger partial charge in [0.15, 0.2) is 0 Å². The molecule has 0 radical (unpaired) electrons. The van der Waals surface area contributed by atoms with E-state index >= 15 is 0 Å². The maximum absolute atomic E-state index is 12.3. The number of hydrogen-bond acceptors (Lipinski definition) is 2. The summed E-state index contributed by atoms with van der Waals surface area (Å²) in [4.78, 5) is 14.1.